The molecule has 28 heavy (non-hydrogen) atoms. The van der Waals surface area contributed by atoms with E-state index in [-0.39, 0.29) is 5.56 Å². The first-order valence-electron chi connectivity index (χ1n) is 10.1. The van der Waals surface area contributed by atoms with Gasteiger partial charge in [0.05, 0.1) is 11.9 Å². The summed E-state index contributed by atoms with van der Waals surface area (Å²) in [5.41, 5.74) is 5.26. The second-order valence-corrected chi connectivity index (χ2v) is 7.40. The van der Waals surface area contributed by atoms with E-state index >= 15 is 0 Å². The molecular weight excluding hydrogens is 350 g/mol. The van der Waals surface area contributed by atoms with Crippen molar-refractivity contribution >= 4 is 0 Å². The smallest absolute Gasteiger partial charge is 0.254 e. The van der Waals surface area contributed by atoms with Crippen LogP contribution in [0, 0.1) is 0 Å². The molecule has 1 N–H and O–H groups in total. The topological polar surface area (TPSA) is 66.8 Å². The SMILES string of the molecule is CCN(Cc1cccc(-c2nc3c(c(=O)[nH]2)CCC3)c1)Cc1cnn(CC)c1. The number of aromatic amines is 1. The van der Waals surface area contributed by atoms with Gasteiger partial charge in [0.2, 0.25) is 0 Å². The first-order chi connectivity index (χ1) is 13.7. The van der Waals surface area contributed by atoms with Crippen LogP contribution in [0.25, 0.3) is 11.4 Å². The molecule has 0 bridgehead atoms. The van der Waals surface area contributed by atoms with Gasteiger partial charge in [-0.2, -0.15) is 5.10 Å². The zero-order valence-corrected chi connectivity index (χ0v) is 16.6. The van der Waals surface area contributed by atoms with Gasteiger partial charge in [-0.1, -0.05) is 25.1 Å². The lowest BCUT2D eigenvalue weighted by Gasteiger charge is -2.20. The van der Waals surface area contributed by atoms with Gasteiger partial charge in [-0.3, -0.25) is 14.4 Å². The molecule has 2 aromatic heterocycles. The minimum absolute atomic E-state index is 0.0195. The quantitative estimate of drug-likeness (QED) is 0.687. The molecule has 0 spiro atoms. The number of hydrogen-bond donors (Lipinski definition) is 1. The first-order valence-corrected chi connectivity index (χ1v) is 10.1. The van der Waals surface area contributed by atoms with E-state index in [1.807, 2.05) is 23.0 Å². The van der Waals surface area contributed by atoms with Crippen molar-refractivity contribution in [3.63, 3.8) is 0 Å². The zero-order chi connectivity index (χ0) is 19.5. The number of rotatable bonds is 7. The van der Waals surface area contributed by atoms with E-state index in [2.05, 4.69) is 47.2 Å². The highest BCUT2D eigenvalue weighted by molar-refractivity contribution is 5.56. The Balaban J connectivity index is 1.53. The number of aromatic nitrogens is 4. The van der Waals surface area contributed by atoms with Crippen molar-refractivity contribution in [1.29, 1.82) is 0 Å². The number of H-pyrrole nitrogens is 1. The number of nitrogens with zero attached hydrogens (tertiary/aromatic N) is 4. The number of benzene rings is 1. The molecule has 0 unspecified atom stereocenters. The Morgan fingerprint density at radius 2 is 2.04 bits per heavy atom. The average molecular weight is 377 g/mol. The molecule has 2 heterocycles. The van der Waals surface area contributed by atoms with Crippen LogP contribution in [0.4, 0.5) is 0 Å². The highest BCUT2D eigenvalue weighted by Gasteiger charge is 2.17. The van der Waals surface area contributed by atoms with Crippen molar-refractivity contribution in [1.82, 2.24) is 24.6 Å². The van der Waals surface area contributed by atoms with E-state index in [0.29, 0.717) is 5.82 Å². The Bertz CT molecular complexity index is 1020. The van der Waals surface area contributed by atoms with Gasteiger partial charge in [0, 0.05) is 42.5 Å². The van der Waals surface area contributed by atoms with Crippen molar-refractivity contribution in [3.05, 3.63) is 69.4 Å². The van der Waals surface area contributed by atoms with E-state index in [9.17, 15) is 4.79 Å². The normalized spacial score (nSPS) is 13.2. The van der Waals surface area contributed by atoms with Gasteiger partial charge in [0.15, 0.2) is 0 Å². The first kappa shape index (κ1) is 18.6. The lowest BCUT2D eigenvalue weighted by Crippen LogP contribution is -2.22. The summed E-state index contributed by atoms with van der Waals surface area (Å²) in [6.45, 7) is 7.83. The third-order valence-electron chi connectivity index (χ3n) is 5.41. The van der Waals surface area contributed by atoms with Gasteiger partial charge >= 0.3 is 0 Å². The van der Waals surface area contributed by atoms with Crippen LogP contribution >= 0.6 is 0 Å². The average Bonchev–Trinajstić information content (AvgIpc) is 3.37. The lowest BCUT2D eigenvalue weighted by molar-refractivity contribution is 0.271. The van der Waals surface area contributed by atoms with Crippen LogP contribution in [0.1, 0.15) is 42.7 Å². The van der Waals surface area contributed by atoms with E-state index in [1.165, 1.54) is 11.1 Å². The summed E-state index contributed by atoms with van der Waals surface area (Å²) in [7, 11) is 0. The van der Waals surface area contributed by atoms with Crippen LogP contribution < -0.4 is 5.56 Å². The standard InChI is InChI=1S/C22H27N5O/c1-3-26(14-17-12-23-27(4-2)15-17)13-16-7-5-8-18(11-16)21-24-20-10-6-9-19(20)22(28)25-21/h5,7-8,11-12,15H,3-4,6,9-10,13-14H2,1-2H3,(H,24,25,28). The largest absolute Gasteiger partial charge is 0.306 e. The Labute approximate surface area is 165 Å². The van der Waals surface area contributed by atoms with Crippen LogP contribution in [0.3, 0.4) is 0 Å². The minimum atomic E-state index is 0.0195. The lowest BCUT2D eigenvalue weighted by atomic mass is 10.1. The monoisotopic (exact) mass is 377 g/mol. The summed E-state index contributed by atoms with van der Waals surface area (Å²) in [5.74, 6) is 0.680. The fourth-order valence-electron chi connectivity index (χ4n) is 3.85. The summed E-state index contributed by atoms with van der Waals surface area (Å²) in [5, 5.41) is 4.37. The molecule has 1 aromatic carbocycles. The van der Waals surface area contributed by atoms with Crippen molar-refractivity contribution in [2.75, 3.05) is 6.54 Å². The Hall–Kier alpha value is -2.73. The molecular formula is C22H27N5O. The van der Waals surface area contributed by atoms with Crippen molar-refractivity contribution < 1.29 is 0 Å². The van der Waals surface area contributed by atoms with Crippen LogP contribution in [-0.4, -0.2) is 31.2 Å². The molecule has 0 saturated heterocycles. The number of aryl methyl sites for hydroxylation is 2. The molecule has 0 atom stereocenters. The van der Waals surface area contributed by atoms with Crippen molar-refractivity contribution in [3.8, 4) is 11.4 Å². The van der Waals surface area contributed by atoms with Crippen LogP contribution in [-0.2, 0) is 32.5 Å². The Morgan fingerprint density at radius 1 is 1.18 bits per heavy atom. The van der Waals surface area contributed by atoms with Crippen molar-refractivity contribution in [2.45, 2.75) is 52.7 Å². The Morgan fingerprint density at radius 3 is 2.82 bits per heavy atom. The summed E-state index contributed by atoms with van der Waals surface area (Å²) in [4.78, 5) is 22.4. The van der Waals surface area contributed by atoms with Crippen LogP contribution in [0.5, 0.6) is 0 Å². The van der Waals surface area contributed by atoms with E-state index in [1.54, 1.807) is 0 Å². The highest BCUT2D eigenvalue weighted by atomic mass is 16.1. The van der Waals surface area contributed by atoms with Gasteiger partial charge in [-0.15, -0.1) is 0 Å². The molecule has 0 saturated carbocycles. The third-order valence-corrected chi connectivity index (χ3v) is 5.41. The summed E-state index contributed by atoms with van der Waals surface area (Å²) >= 11 is 0. The predicted molar refractivity (Wildman–Crippen MR) is 110 cm³/mol. The molecule has 1 aliphatic rings. The molecule has 0 aliphatic heterocycles. The summed E-state index contributed by atoms with van der Waals surface area (Å²) < 4.78 is 1.96. The van der Waals surface area contributed by atoms with Gasteiger partial charge in [-0.05, 0) is 44.4 Å². The fourth-order valence-corrected chi connectivity index (χ4v) is 3.85. The van der Waals surface area contributed by atoms with Gasteiger partial charge in [0.1, 0.15) is 5.82 Å². The minimum Gasteiger partial charge on any atom is -0.306 e. The molecule has 1 aliphatic carbocycles. The molecule has 0 radical (unpaired) electrons. The van der Waals surface area contributed by atoms with Gasteiger partial charge in [0.25, 0.3) is 5.56 Å². The third kappa shape index (κ3) is 3.92. The van der Waals surface area contributed by atoms with E-state index < -0.39 is 0 Å². The van der Waals surface area contributed by atoms with Crippen LogP contribution in [0.15, 0.2) is 41.5 Å². The number of nitrogens with one attached hydrogen (secondary N) is 1. The summed E-state index contributed by atoms with van der Waals surface area (Å²) in [6, 6.07) is 8.33. The number of hydrogen-bond acceptors (Lipinski definition) is 4. The predicted octanol–water partition coefficient (Wildman–Crippen LogP) is 3.16. The highest BCUT2D eigenvalue weighted by Crippen LogP contribution is 2.21. The van der Waals surface area contributed by atoms with Crippen molar-refractivity contribution in [2.24, 2.45) is 0 Å². The maximum absolute atomic E-state index is 12.3. The van der Waals surface area contributed by atoms with Gasteiger partial charge in [-0.25, -0.2) is 4.98 Å². The maximum atomic E-state index is 12.3. The van der Waals surface area contributed by atoms with Gasteiger partial charge < -0.3 is 4.98 Å². The number of fused-ring (bicyclic) bond motifs is 1. The zero-order valence-electron chi connectivity index (χ0n) is 16.6. The molecule has 6 nitrogen and oxygen atoms in total. The maximum Gasteiger partial charge on any atom is 0.254 e. The molecule has 3 aromatic rings. The van der Waals surface area contributed by atoms with Crippen LogP contribution in [0.2, 0.25) is 0 Å². The second kappa shape index (κ2) is 8.10. The second-order valence-electron chi connectivity index (χ2n) is 7.40. The molecule has 0 fully saturated rings. The Kier molecular flexibility index (Phi) is 5.39. The van der Waals surface area contributed by atoms with E-state index in [4.69, 9.17) is 4.98 Å². The van der Waals surface area contributed by atoms with E-state index in [0.717, 1.165) is 62.3 Å². The summed E-state index contributed by atoms with van der Waals surface area (Å²) in [6.07, 6.45) is 6.83. The molecule has 146 valence electrons. The fraction of sp³-hybridized carbons (Fsp3) is 0.409. The molecule has 4 rings (SSSR count). The molecule has 6 heteroatoms. The molecule has 0 amide bonds.